The number of ether oxygens (including phenoxy) is 1. The fourth-order valence-electron chi connectivity index (χ4n) is 2.08. The van der Waals surface area contributed by atoms with Crippen molar-refractivity contribution in [1.82, 2.24) is 4.90 Å². The van der Waals surface area contributed by atoms with Gasteiger partial charge in [0.15, 0.2) is 6.73 Å². The van der Waals surface area contributed by atoms with Gasteiger partial charge in [0.1, 0.15) is 5.75 Å². The van der Waals surface area contributed by atoms with Crippen LogP contribution < -0.4 is 4.74 Å². The van der Waals surface area contributed by atoms with Crippen LogP contribution in [-0.2, 0) is 0 Å². The van der Waals surface area contributed by atoms with Gasteiger partial charge in [-0.1, -0.05) is 35.3 Å². The Morgan fingerprint density at radius 1 is 0.952 bits per heavy atom. The van der Waals surface area contributed by atoms with E-state index in [2.05, 4.69) is 0 Å². The van der Waals surface area contributed by atoms with Crippen LogP contribution in [0, 0.1) is 0 Å². The minimum atomic E-state index is -0.381. The van der Waals surface area contributed by atoms with Crippen molar-refractivity contribution in [3.8, 4) is 5.75 Å². The van der Waals surface area contributed by atoms with Crippen LogP contribution in [0.1, 0.15) is 20.7 Å². The lowest BCUT2D eigenvalue weighted by molar-refractivity contribution is 0.0522. The molecule has 0 aliphatic carbocycles. The fourth-order valence-corrected chi connectivity index (χ4v) is 2.41. The summed E-state index contributed by atoms with van der Waals surface area (Å²) < 4.78 is 5.44. The molecule has 0 bridgehead atoms. The van der Waals surface area contributed by atoms with Gasteiger partial charge >= 0.3 is 0 Å². The zero-order valence-corrected chi connectivity index (χ0v) is 12.2. The predicted molar refractivity (Wildman–Crippen MR) is 78.9 cm³/mol. The number of fused-ring (bicyclic) bond motifs is 1. The maximum absolute atomic E-state index is 12.1. The summed E-state index contributed by atoms with van der Waals surface area (Å²) in [4.78, 5) is 25.3. The van der Waals surface area contributed by atoms with E-state index in [4.69, 9.17) is 27.9 Å². The first-order chi connectivity index (χ1) is 10.1. The van der Waals surface area contributed by atoms with E-state index in [0.29, 0.717) is 26.9 Å². The number of imide groups is 1. The van der Waals surface area contributed by atoms with Gasteiger partial charge in [0.25, 0.3) is 11.8 Å². The summed E-state index contributed by atoms with van der Waals surface area (Å²) in [6.45, 7) is -0.216. The van der Waals surface area contributed by atoms with Crippen molar-refractivity contribution >= 4 is 35.0 Å². The molecule has 3 rings (SSSR count). The lowest BCUT2D eigenvalue weighted by atomic mass is 10.1. The molecular formula is C15H9Cl2NO3. The average Bonchev–Trinajstić information content (AvgIpc) is 2.73. The van der Waals surface area contributed by atoms with Crippen molar-refractivity contribution in [2.75, 3.05) is 6.73 Å². The van der Waals surface area contributed by atoms with E-state index in [0.717, 1.165) is 4.90 Å². The number of halogens is 2. The van der Waals surface area contributed by atoms with E-state index in [1.54, 1.807) is 36.4 Å². The summed E-state index contributed by atoms with van der Waals surface area (Å²) >= 11 is 11.8. The molecule has 0 unspecified atom stereocenters. The topological polar surface area (TPSA) is 46.6 Å². The van der Waals surface area contributed by atoms with Crippen LogP contribution in [0.2, 0.25) is 10.0 Å². The Hall–Kier alpha value is -2.04. The maximum Gasteiger partial charge on any atom is 0.264 e. The van der Waals surface area contributed by atoms with E-state index in [1.807, 2.05) is 0 Å². The summed E-state index contributed by atoms with van der Waals surface area (Å²) in [5, 5.41) is 0.813. The third-order valence-corrected chi connectivity index (χ3v) is 3.67. The van der Waals surface area contributed by atoms with Gasteiger partial charge in [-0.2, -0.15) is 0 Å². The lowest BCUT2D eigenvalue weighted by Crippen LogP contribution is -2.33. The first kappa shape index (κ1) is 13.9. The molecule has 6 heteroatoms. The Bertz CT molecular complexity index is 710. The summed E-state index contributed by atoms with van der Waals surface area (Å²) in [5.74, 6) is -0.441. The van der Waals surface area contributed by atoms with Crippen LogP contribution in [0.25, 0.3) is 0 Å². The van der Waals surface area contributed by atoms with Crippen molar-refractivity contribution < 1.29 is 14.3 Å². The third-order valence-electron chi connectivity index (χ3n) is 3.12. The molecule has 2 aromatic rings. The number of hydrogen-bond donors (Lipinski definition) is 0. The third kappa shape index (κ3) is 2.48. The zero-order chi connectivity index (χ0) is 15.0. The highest BCUT2D eigenvalue weighted by Crippen LogP contribution is 2.29. The van der Waals surface area contributed by atoms with E-state index in [-0.39, 0.29) is 18.5 Å². The smallest absolute Gasteiger partial charge is 0.264 e. The number of carbonyl (C=O) groups excluding carboxylic acids is 2. The molecule has 106 valence electrons. The quantitative estimate of drug-likeness (QED) is 0.811. The van der Waals surface area contributed by atoms with E-state index >= 15 is 0 Å². The van der Waals surface area contributed by atoms with Gasteiger partial charge < -0.3 is 4.74 Å². The van der Waals surface area contributed by atoms with Gasteiger partial charge in [0.2, 0.25) is 0 Å². The summed E-state index contributed by atoms with van der Waals surface area (Å²) in [6.07, 6.45) is 0. The number of benzene rings is 2. The molecule has 0 atom stereocenters. The average molecular weight is 322 g/mol. The van der Waals surface area contributed by atoms with Crippen LogP contribution in [0.4, 0.5) is 0 Å². The van der Waals surface area contributed by atoms with Gasteiger partial charge in [-0.05, 0) is 24.3 Å². The molecule has 2 amide bonds. The number of rotatable bonds is 3. The number of nitrogens with zero attached hydrogens (tertiary/aromatic N) is 1. The van der Waals surface area contributed by atoms with Crippen LogP contribution in [-0.4, -0.2) is 23.4 Å². The Morgan fingerprint density at radius 3 is 2.19 bits per heavy atom. The molecule has 21 heavy (non-hydrogen) atoms. The van der Waals surface area contributed by atoms with Gasteiger partial charge in [-0.3, -0.25) is 9.59 Å². The minimum Gasteiger partial charge on any atom is -0.471 e. The summed E-state index contributed by atoms with van der Waals surface area (Å²) in [5.41, 5.74) is 0.756. The Labute approximate surface area is 130 Å². The highest BCUT2D eigenvalue weighted by Gasteiger charge is 2.35. The minimum absolute atomic E-state index is 0.216. The van der Waals surface area contributed by atoms with Gasteiger partial charge in [-0.15, -0.1) is 0 Å². The molecule has 2 aromatic carbocycles. The predicted octanol–water partition coefficient (Wildman–Crippen LogP) is 3.63. The van der Waals surface area contributed by atoms with E-state index in [1.165, 1.54) is 6.07 Å². The highest BCUT2D eigenvalue weighted by atomic mass is 35.5. The number of hydrogen-bond acceptors (Lipinski definition) is 3. The highest BCUT2D eigenvalue weighted by molar-refractivity contribution is 6.34. The first-order valence-corrected chi connectivity index (χ1v) is 6.86. The lowest BCUT2D eigenvalue weighted by Gasteiger charge is -2.15. The van der Waals surface area contributed by atoms with E-state index in [9.17, 15) is 9.59 Å². The van der Waals surface area contributed by atoms with Crippen LogP contribution in [0.3, 0.4) is 0 Å². The van der Waals surface area contributed by atoms with Gasteiger partial charge in [0.05, 0.1) is 16.1 Å². The molecule has 4 nitrogen and oxygen atoms in total. The van der Waals surface area contributed by atoms with Crippen LogP contribution in [0.15, 0.2) is 42.5 Å². The monoisotopic (exact) mass is 321 g/mol. The van der Waals surface area contributed by atoms with Crippen molar-refractivity contribution in [3.63, 3.8) is 0 Å². The number of amides is 2. The Balaban J connectivity index is 1.80. The molecule has 0 spiro atoms. The Kier molecular flexibility index (Phi) is 3.57. The summed E-state index contributed by atoms with van der Waals surface area (Å²) in [6, 6.07) is 11.4. The fraction of sp³-hybridized carbons (Fsp3) is 0.0667. The molecule has 1 aliphatic heterocycles. The van der Waals surface area contributed by atoms with Gasteiger partial charge in [0, 0.05) is 11.1 Å². The van der Waals surface area contributed by atoms with Crippen LogP contribution >= 0.6 is 23.2 Å². The molecule has 0 N–H and O–H groups in total. The van der Waals surface area contributed by atoms with Crippen molar-refractivity contribution in [2.24, 2.45) is 0 Å². The van der Waals surface area contributed by atoms with Crippen molar-refractivity contribution in [2.45, 2.75) is 0 Å². The maximum atomic E-state index is 12.1. The van der Waals surface area contributed by atoms with E-state index < -0.39 is 0 Å². The molecule has 0 fully saturated rings. The van der Waals surface area contributed by atoms with Crippen molar-refractivity contribution in [1.29, 1.82) is 0 Å². The zero-order valence-electron chi connectivity index (χ0n) is 10.7. The Morgan fingerprint density at radius 2 is 1.57 bits per heavy atom. The largest absolute Gasteiger partial charge is 0.471 e. The number of carbonyl (C=O) groups is 2. The summed E-state index contributed by atoms with van der Waals surface area (Å²) in [7, 11) is 0. The SMILES string of the molecule is O=C1c2ccccc2C(=O)N1COc1cc(Cl)ccc1Cl. The molecule has 1 aliphatic rings. The molecule has 0 aromatic heterocycles. The molecule has 0 saturated carbocycles. The second-order valence-electron chi connectivity index (χ2n) is 4.43. The normalized spacial score (nSPS) is 13.5. The van der Waals surface area contributed by atoms with Crippen molar-refractivity contribution in [3.05, 3.63) is 63.6 Å². The molecule has 0 saturated heterocycles. The van der Waals surface area contributed by atoms with Crippen LogP contribution in [0.5, 0.6) is 5.75 Å². The molecule has 1 heterocycles. The first-order valence-electron chi connectivity index (χ1n) is 6.11. The second kappa shape index (κ2) is 5.39. The molecular weight excluding hydrogens is 313 g/mol. The standard InChI is InChI=1S/C15H9Cl2NO3/c16-9-5-6-12(17)13(7-9)21-8-18-14(19)10-3-1-2-4-11(10)15(18)20/h1-7H,8H2. The van der Waals surface area contributed by atoms with Gasteiger partial charge in [-0.25, -0.2) is 4.90 Å². The second-order valence-corrected chi connectivity index (χ2v) is 5.28. The molecule has 0 radical (unpaired) electrons.